The zero-order chi connectivity index (χ0) is 17.4. The molecule has 0 atom stereocenters. The monoisotopic (exact) mass is 336 g/mol. The minimum atomic E-state index is -0.169. The molecule has 7 heteroatoms. The maximum atomic E-state index is 12.8. The van der Waals surface area contributed by atoms with E-state index in [4.69, 9.17) is 0 Å². The topological polar surface area (TPSA) is 75.9 Å². The molecule has 128 valence electrons. The van der Waals surface area contributed by atoms with Crippen LogP contribution in [-0.4, -0.2) is 38.7 Å². The number of carbonyl (C=O) groups is 1. The molecule has 0 spiro atoms. The first-order chi connectivity index (χ1) is 12.1. The van der Waals surface area contributed by atoms with Crippen molar-refractivity contribution < 1.29 is 4.79 Å². The summed E-state index contributed by atoms with van der Waals surface area (Å²) in [6.45, 7) is 3.82. The maximum absolute atomic E-state index is 12.8. The van der Waals surface area contributed by atoms with E-state index < -0.39 is 0 Å². The third-order valence-electron chi connectivity index (χ3n) is 4.56. The number of nitrogens with one attached hydrogen (secondary N) is 1. The van der Waals surface area contributed by atoms with Gasteiger partial charge in [-0.05, 0) is 38.0 Å². The standard InChI is InChI=1S/C18H20N6O/c1-12-15-10-13(11-20-16(15)23(2)22-12)21-18(25)14-6-5-7-19-17(14)24-8-3-4-9-24/h5-7,10-11H,3-4,8-9H2,1-2H3,(H,21,25). The number of aryl methyl sites for hydroxylation is 2. The quantitative estimate of drug-likeness (QED) is 0.795. The zero-order valence-electron chi connectivity index (χ0n) is 14.4. The maximum Gasteiger partial charge on any atom is 0.259 e. The summed E-state index contributed by atoms with van der Waals surface area (Å²) < 4.78 is 1.74. The van der Waals surface area contributed by atoms with Crippen LogP contribution < -0.4 is 10.2 Å². The lowest BCUT2D eigenvalue weighted by Crippen LogP contribution is -2.24. The van der Waals surface area contributed by atoms with E-state index >= 15 is 0 Å². The molecule has 0 aromatic carbocycles. The Hall–Kier alpha value is -2.96. The number of amides is 1. The Morgan fingerprint density at radius 1 is 1.24 bits per heavy atom. The van der Waals surface area contributed by atoms with Crippen molar-refractivity contribution in [3.8, 4) is 0 Å². The third kappa shape index (κ3) is 2.82. The van der Waals surface area contributed by atoms with Gasteiger partial charge in [0, 0.05) is 31.7 Å². The number of hydrogen-bond donors (Lipinski definition) is 1. The van der Waals surface area contributed by atoms with Crippen LogP contribution in [0, 0.1) is 6.92 Å². The van der Waals surface area contributed by atoms with Gasteiger partial charge in [-0.15, -0.1) is 0 Å². The lowest BCUT2D eigenvalue weighted by Gasteiger charge is -2.19. The third-order valence-corrected chi connectivity index (χ3v) is 4.56. The van der Waals surface area contributed by atoms with Crippen molar-refractivity contribution in [3.05, 3.63) is 41.9 Å². The predicted molar refractivity (Wildman–Crippen MR) is 96.9 cm³/mol. The fourth-order valence-corrected chi connectivity index (χ4v) is 3.33. The molecule has 1 fully saturated rings. The van der Waals surface area contributed by atoms with Gasteiger partial charge in [0.25, 0.3) is 5.91 Å². The fourth-order valence-electron chi connectivity index (χ4n) is 3.33. The van der Waals surface area contributed by atoms with Crippen molar-refractivity contribution in [1.29, 1.82) is 0 Å². The van der Waals surface area contributed by atoms with Crippen molar-refractivity contribution in [3.63, 3.8) is 0 Å². The molecule has 0 aliphatic carbocycles. The van der Waals surface area contributed by atoms with E-state index in [1.165, 1.54) is 0 Å². The average Bonchev–Trinajstić information content (AvgIpc) is 3.24. The van der Waals surface area contributed by atoms with Gasteiger partial charge < -0.3 is 10.2 Å². The molecule has 0 unspecified atom stereocenters. The number of pyridine rings is 2. The largest absolute Gasteiger partial charge is 0.356 e. The van der Waals surface area contributed by atoms with Gasteiger partial charge >= 0.3 is 0 Å². The van der Waals surface area contributed by atoms with Gasteiger partial charge in [-0.3, -0.25) is 9.48 Å². The molecular weight excluding hydrogens is 316 g/mol. The first-order valence-corrected chi connectivity index (χ1v) is 8.44. The van der Waals surface area contributed by atoms with Crippen LogP contribution in [0.15, 0.2) is 30.6 Å². The van der Waals surface area contributed by atoms with E-state index in [1.807, 2.05) is 26.1 Å². The molecule has 0 radical (unpaired) electrons. The molecule has 0 bridgehead atoms. The van der Waals surface area contributed by atoms with Crippen molar-refractivity contribution in [2.75, 3.05) is 23.3 Å². The first kappa shape index (κ1) is 15.6. The highest BCUT2D eigenvalue weighted by molar-refractivity contribution is 6.08. The summed E-state index contributed by atoms with van der Waals surface area (Å²) in [6.07, 6.45) is 5.67. The molecule has 25 heavy (non-hydrogen) atoms. The summed E-state index contributed by atoms with van der Waals surface area (Å²) >= 11 is 0. The number of fused-ring (bicyclic) bond motifs is 1. The second-order valence-corrected chi connectivity index (χ2v) is 6.33. The van der Waals surface area contributed by atoms with Gasteiger partial charge in [-0.2, -0.15) is 5.10 Å². The van der Waals surface area contributed by atoms with Crippen LogP contribution >= 0.6 is 0 Å². The van der Waals surface area contributed by atoms with Gasteiger partial charge in [-0.25, -0.2) is 9.97 Å². The van der Waals surface area contributed by atoms with Crippen LogP contribution in [0.25, 0.3) is 11.0 Å². The Balaban J connectivity index is 1.63. The van der Waals surface area contributed by atoms with Gasteiger partial charge in [0.05, 0.1) is 23.1 Å². The molecule has 1 N–H and O–H groups in total. The normalized spacial score (nSPS) is 14.2. The summed E-state index contributed by atoms with van der Waals surface area (Å²) in [6, 6.07) is 5.52. The van der Waals surface area contributed by atoms with Gasteiger partial charge in [0.15, 0.2) is 5.65 Å². The molecule has 3 aromatic heterocycles. The van der Waals surface area contributed by atoms with Crippen LogP contribution in [0.3, 0.4) is 0 Å². The van der Waals surface area contributed by atoms with Crippen molar-refractivity contribution in [2.45, 2.75) is 19.8 Å². The van der Waals surface area contributed by atoms with E-state index in [0.717, 1.165) is 48.5 Å². The number of rotatable bonds is 3. The summed E-state index contributed by atoms with van der Waals surface area (Å²) in [7, 11) is 1.86. The molecule has 1 aliphatic heterocycles. The summed E-state index contributed by atoms with van der Waals surface area (Å²) in [5.74, 6) is 0.585. The Bertz CT molecular complexity index is 942. The van der Waals surface area contributed by atoms with Gasteiger partial charge in [0.1, 0.15) is 5.82 Å². The molecule has 4 heterocycles. The zero-order valence-corrected chi connectivity index (χ0v) is 14.4. The molecule has 3 aromatic rings. The van der Waals surface area contributed by atoms with Crippen LogP contribution in [0.2, 0.25) is 0 Å². The van der Waals surface area contributed by atoms with E-state index in [9.17, 15) is 4.79 Å². The summed E-state index contributed by atoms with van der Waals surface area (Å²) in [5, 5.41) is 8.24. The number of nitrogens with zero attached hydrogens (tertiary/aromatic N) is 5. The van der Waals surface area contributed by atoms with Crippen molar-refractivity contribution in [2.24, 2.45) is 7.05 Å². The van der Waals surface area contributed by atoms with Crippen LogP contribution in [0.1, 0.15) is 28.9 Å². The Morgan fingerprint density at radius 2 is 2.04 bits per heavy atom. The first-order valence-electron chi connectivity index (χ1n) is 8.44. The van der Waals surface area contributed by atoms with Crippen LogP contribution in [0.4, 0.5) is 11.5 Å². The number of hydrogen-bond acceptors (Lipinski definition) is 5. The van der Waals surface area contributed by atoms with Crippen molar-refractivity contribution in [1.82, 2.24) is 19.7 Å². The second-order valence-electron chi connectivity index (χ2n) is 6.33. The highest BCUT2D eigenvalue weighted by atomic mass is 16.1. The molecule has 0 saturated carbocycles. The minimum Gasteiger partial charge on any atom is -0.356 e. The molecule has 7 nitrogen and oxygen atoms in total. The van der Waals surface area contributed by atoms with E-state index in [-0.39, 0.29) is 5.91 Å². The molecule has 1 amide bonds. The van der Waals surface area contributed by atoms with Gasteiger partial charge in [0.2, 0.25) is 0 Å². The SMILES string of the molecule is Cc1nn(C)c2ncc(NC(=O)c3cccnc3N3CCCC3)cc12. The van der Waals surface area contributed by atoms with E-state index in [0.29, 0.717) is 11.3 Å². The minimum absolute atomic E-state index is 0.169. The lowest BCUT2D eigenvalue weighted by molar-refractivity contribution is 0.102. The smallest absolute Gasteiger partial charge is 0.259 e. The van der Waals surface area contributed by atoms with E-state index in [2.05, 4.69) is 25.3 Å². The summed E-state index contributed by atoms with van der Waals surface area (Å²) in [4.78, 5) is 23.8. The Kier molecular flexibility index (Phi) is 3.83. The van der Waals surface area contributed by atoms with Crippen LogP contribution in [-0.2, 0) is 7.05 Å². The average molecular weight is 336 g/mol. The molecule has 1 saturated heterocycles. The predicted octanol–water partition coefficient (Wildman–Crippen LogP) is 2.52. The van der Waals surface area contributed by atoms with Crippen molar-refractivity contribution >= 4 is 28.4 Å². The highest BCUT2D eigenvalue weighted by Gasteiger charge is 2.21. The lowest BCUT2D eigenvalue weighted by atomic mass is 10.2. The molecule has 1 aliphatic rings. The number of aromatic nitrogens is 4. The Labute approximate surface area is 145 Å². The molecule has 4 rings (SSSR count). The van der Waals surface area contributed by atoms with Crippen LogP contribution in [0.5, 0.6) is 0 Å². The number of carbonyl (C=O) groups excluding carboxylic acids is 1. The number of anilines is 2. The van der Waals surface area contributed by atoms with Gasteiger partial charge in [-0.1, -0.05) is 0 Å². The summed E-state index contributed by atoms with van der Waals surface area (Å²) in [5.41, 5.74) is 2.94. The fraction of sp³-hybridized carbons (Fsp3) is 0.333. The Morgan fingerprint density at radius 3 is 2.84 bits per heavy atom. The van der Waals surface area contributed by atoms with E-state index in [1.54, 1.807) is 23.1 Å². The molecular formula is C18H20N6O. The second kappa shape index (κ2) is 6.16. The highest BCUT2D eigenvalue weighted by Crippen LogP contribution is 2.24.